The summed E-state index contributed by atoms with van der Waals surface area (Å²) in [6.45, 7) is 0.525. The third-order valence-corrected chi connectivity index (χ3v) is 7.89. The average Bonchev–Trinajstić information content (AvgIpc) is 3.28. The lowest BCUT2D eigenvalue weighted by molar-refractivity contribution is -0.126. The standard InChI is InChI=1S/C24H25N5O3S/c1-28-16-13-26-23(28)22(19-5-3-2-4-6-19)27-24(30)20-11-14-29(15-12-20)33(31,32)21-9-7-18(17-25)8-10-21/h2-10,13,16,20,22H,11-12,14-15H2,1H3,(H,27,30)/t22-/m0/s1. The van der Waals surface area contributed by atoms with Gasteiger partial charge in [0.25, 0.3) is 0 Å². The molecule has 1 amide bonds. The van der Waals surface area contributed by atoms with Crippen LogP contribution in [-0.4, -0.2) is 41.3 Å². The number of sulfonamides is 1. The Morgan fingerprint density at radius 2 is 1.79 bits per heavy atom. The fourth-order valence-corrected chi connectivity index (χ4v) is 5.54. The lowest BCUT2D eigenvalue weighted by Crippen LogP contribution is -2.44. The fraction of sp³-hybridized carbons (Fsp3) is 0.292. The van der Waals surface area contributed by atoms with Crippen LogP contribution in [0.25, 0.3) is 0 Å². The van der Waals surface area contributed by atoms with Crippen molar-refractivity contribution in [1.29, 1.82) is 5.26 Å². The first-order chi connectivity index (χ1) is 15.9. The summed E-state index contributed by atoms with van der Waals surface area (Å²) in [4.78, 5) is 17.7. The number of imidazole rings is 1. The minimum Gasteiger partial charge on any atom is -0.342 e. The van der Waals surface area contributed by atoms with E-state index in [1.54, 1.807) is 6.20 Å². The molecule has 0 bridgehead atoms. The van der Waals surface area contributed by atoms with E-state index in [0.29, 0.717) is 18.4 Å². The molecular formula is C24H25N5O3S. The molecular weight excluding hydrogens is 438 g/mol. The van der Waals surface area contributed by atoms with Crippen LogP contribution >= 0.6 is 0 Å². The first kappa shape index (κ1) is 22.7. The van der Waals surface area contributed by atoms with Gasteiger partial charge in [0.2, 0.25) is 15.9 Å². The van der Waals surface area contributed by atoms with Crippen LogP contribution in [0.1, 0.15) is 35.8 Å². The molecule has 1 fully saturated rings. The lowest BCUT2D eigenvalue weighted by Gasteiger charge is -2.31. The summed E-state index contributed by atoms with van der Waals surface area (Å²) in [6, 6.07) is 17.1. The maximum atomic E-state index is 13.1. The van der Waals surface area contributed by atoms with Gasteiger partial charge in [0, 0.05) is 38.4 Å². The molecule has 33 heavy (non-hydrogen) atoms. The summed E-state index contributed by atoms with van der Waals surface area (Å²) in [5.74, 6) is 0.335. The molecule has 0 radical (unpaired) electrons. The van der Waals surface area contributed by atoms with Crippen molar-refractivity contribution in [3.63, 3.8) is 0 Å². The normalized spacial score (nSPS) is 16.1. The SMILES string of the molecule is Cn1ccnc1[C@@H](NC(=O)C1CCN(S(=O)(=O)c2ccc(C#N)cc2)CC1)c1ccccc1. The number of carbonyl (C=O) groups excluding carboxylic acids is 1. The Morgan fingerprint density at radius 1 is 1.12 bits per heavy atom. The van der Waals surface area contributed by atoms with Gasteiger partial charge < -0.3 is 9.88 Å². The number of piperidine rings is 1. The Labute approximate surface area is 193 Å². The molecule has 1 N–H and O–H groups in total. The minimum absolute atomic E-state index is 0.109. The number of aryl methyl sites for hydroxylation is 1. The number of benzene rings is 2. The molecule has 170 valence electrons. The van der Waals surface area contributed by atoms with E-state index < -0.39 is 10.0 Å². The second-order valence-electron chi connectivity index (χ2n) is 8.06. The van der Waals surface area contributed by atoms with Gasteiger partial charge in [0.05, 0.1) is 16.5 Å². The molecule has 4 rings (SSSR count). The Hall–Kier alpha value is -3.48. The predicted octanol–water partition coefficient (Wildman–Crippen LogP) is 2.60. The maximum absolute atomic E-state index is 13.1. The van der Waals surface area contributed by atoms with Crippen LogP contribution in [0.4, 0.5) is 0 Å². The Bertz CT molecular complexity index is 1260. The highest BCUT2D eigenvalue weighted by molar-refractivity contribution is 7.89. The zero-order valence-corrected chi connectivity index (χ0v) is 19.1. The number of nitrogens with one attached hydrogen (secondary N) is 1. The van der Waals surface area contributed by atoms with E-state index in [4.69, 9.17) is 5.26 Å². The quantitative estimate of drug-likeness (QED) is 0.605. The Balaban J connectivity index is 1.44. The molecule has 0 unspecified atom stereocenters. The fourth-order valence-electron chi connectivity index (χ4n) is 4.07. The lowest BCUT2D eigenvalue weighted by atomic mass is 9.96. The van der Waals surface area contributed by atoms with Crippen LogP contribution in [-0.2, 0) is 21.9 Å². The third kappa shape index (κ3) is 4.82. The number of hydrogen-bond donors (Lipinski definition) is 1. The predicted molar refractivity (Wildman–Crippen MR) is 122 cm³/mol. The van der Waals surface area contributed by atoms with E-state index in [2.05, 4.69) is 10.3 Å². The van der Waals surface area contributed by atoms with Crippen LogP contribution < -0.4 is 5.32 Å². The zero-order valence-electron chi connectivity index (χ0n) is 18.3. The molecule has 1 aliphatic rings. The second kappa shape index (κ2) is 9.57. The summed E-state index contributed by atoms with van der Waals surface area (Å²) < 4.78 is 29.2. The average molecular weight is 464 g/mol. The first-order valence-electron chi connectivity index (χ1n) is 10.7. The van der Waals surface area contributed by atoms with Crippen molar-refractivity contribution < 1.29 is 13.2 Å². The summed E-state index contributed by atoms with van der Waals surface area (Å²) in [5, 5.41) is 12.0. The van der Waals surface area contributed by atoms with Crippen molar-refractivity contribution in [1.82, 2.24) is 19.2 Å². The number of carbonyl (C=O) groups is 1. The molecule has 1 saturated heterocycles. The van der Waals surface area contributed by atoms with Crippen molar-refractivity contribution >= 4 is 15.9 Å². The van der Waals surface area contributed by atoms with Gasteiger partial charge in [-0.1, -0.05) is 30.3 Å². The highest BCUT2D eigenvalue weighted by Gasteiger charge is 2.33. The number of nitriles is 1. The van der Waals surface area contributed by atoms with Gasteiger partial charge in [0.15, 0.2) is 0 Å². The van der Waals surface area contributed by atoms with Gasteiger partial charge in [-0.3, -0.25) is 4.79 Å². The summed E-state index contributed by atoms with van der Waals surface area (Å²) in [7, 11) is -1.78. The highest BCUT2D eigenvalue weighted by atomic mass is 32.2. The topological polar surface area (TPSA) is 108 Å². The van der Waals surface area contributed by atoms with E-state index in [9.17, 15) is 13.2 Å². The number of hydrogen-bond acceptors (Lipinski definition) is 5. The second-order valence-corrected chi connectivity index (χ2v) is 10.0. The van der Waals surface area contributed by atoms with Gasteiger partial charge >= 0.3 is 0 Å². The van der Waals surface area contributed by atoms with Crippen LogP contribution in [0, 0.1) is 17.2 Å². The van der Waals surface area contributed by atoms with E-state index >= 15 is 0 Å². The number of rotatable bonds is 6. The number of aromatic nitrogens is 2. The molecule has 0 saturated carbocycles. The van der Waals surface area contributed by atoms with E-state index in [1.807, 2.05) is 54.2 Å². The van der Waals surface area contributed by atoms with Crippen molar-refractivity contribution in [2.75, 3.05) is 13.1 Å². The molecule has 2 heterocycles. The molecule has 0 spiro atoms. The number of amides is 1. The van der Waals surface area contributed by atoms with Crippen LogP contribution in [0.2, 0.25) is 0 Å². The first-order valence-corrected chi connectivity index (χ1v) is 12.2. The van der Waals surface area contributed by atoms with Gasteiger partial charge in [0.1, 0.15) is 11.9 Å². The maximum Gasteiger partial charge on any atom is 0.243 e. The summed E-state index contributed by atoms with van der Waals surface area (Å²) in [6.07, 6.45) is 4.40. The van der Waals surface area contributed by atoms with Crippen LogP contribution in [0.15, 0.2) is 71.9 Å². The monoisotopic (exact) mass is 463 g/mol. The van der Waals surface area contributed by atoms with Gasteiger partial charge in [-0.25, -0.2) is 13.4 Å². The van der Waals surface area contributed by atoms with Crippen LogP contribution in [0.5, 0.6) is 0 Å². The largest absolute Gasteiger partial charge is 0.342 e. The molecule has 2 aromatic carbocycles. The molecule has 9 heteroatoms. The molecule has 0 aliphatic carbocycles. The zero-order chi connectivity index (χ0) is 23.4. The highest BCUT2D eigenvalue weighted by Crippen LogP contribution is 2.26. The van der Waals surface area contributed by atoms with Gasteiger partial charge in [-0.15, -0.1) is 0 Å². The van der Waals surface area contributed by atoms with Gasteiger partial charge in [-0.2, -0.15) is 9.57 Å². The third-order valence-electron chi connectivity index (χ3n) is 5.98. The van der Waals surface area contributed by atoms with E-state index in [0.717, 1.165) is 11.4 Å². The minimum atomic E-state index is -3.66. The molecule has 1 aromatic heterocycles. The molecule has 8 nitrogen and oxygen atoms in total. The Kier molecular flexibility index (Phi) is 6.58. The van der Waals surface area contributed by atoms with Crippen molar-refractivity contribution in [3.05, 3.63) is 83.9 Å². The van der Waals surface area contributed by atoms with Crippen LogP contribution in [0.3, 0.4) is 0 Å². The van der Waals surface area contributed by atoms with Crippen molar-refractivity contribution in [2.24, 2.45) is 13.0 Å². The molecule has 1 aliphatic heterocycles. The summed E-state index contributed by atoms with van der Waals surface area (Å²) >= 11 is 0. The van der Waals surface area contributed by atoms with Crippen molar-refractivity contribution in [2.45, 2.75) is 23.8 Å². The Morgan fingerprint density at radius 3 is 2.36 bits per heavy atom. The smallest absolute Gasteiger partial charge is 0.243 e. The molecule has 1 atom stereocenters. The molecule has 3 aromatic rings. The van der Waals surface area contributed by atoms with E-state index in [-0.39, 0.29) is 35.9 Å². The van der Waals surface area contributed by atoms with E-state index in [1.165, 1.54) is 28.6 Å². The van der Waals surface area contributed by atoms with Gasteiger partial charge in [-0.05, 0) is 42.7 Å². The number of nitrogens with zero attached hydrogens (tertiary/aromatic N) is 4. The van der Waals surface area contributed by atoms with Crippen molar-refractivity contribution in [3.8, 4) is 6.07 Å². The summed E-state index contributed by atoms with van der Waals surface area (Å²) in [5.41, 5.74) is 1.34.